The van der Waals surface area contributed by atoms with Crippen molar-refractivity contribution in [2.75, 3.05) is 0 Å². The molecule has 1 unspecified atom stereocenters. The number of hydrogen-bond donors (Lipinski definition) is 3. The fraction of sp³-hybridized carbons (Fsp3) is 1.00. The molecule has 0 saturated heterocycles. The van der Waals surface area contributed by atoms with E-state index >= 15 is 0 Å². The first-order chi connectivity index (χ1) is 6.00. The van der Waals surface area contributed by atoms with Gasteiger partial charge in [0.25, 0.3) is 0 Å². The molecule has 16 heavy (non-hydrogen) atoms. The zero-order valence-electron chi connectivity index (χ0n) is 12.9. The summed E-state index contributed by atoms with van der Waals surface area (Å²) in [6.45, 7) is 17.7. The molecule has 0 radical (unpaired) electrons. The second kappa shape index (κ2) is 9.35. The molecule has 0 spiro atoms. The molecular formula is C12H36N3P. The van der Waals surface area contributed by atoms with E-state index in [0.29, 0.717) is 0 Å². The van der Waals surface area contributed by atoms with Crippen LogP contribution in [0.1, 0.15) is 62.3 Å². The van der Waals surface area contributed by atoms with E-state index in [4.69, 9.17) is 17.2 Å². The fourth-order valence-corrected chi connectivity index (χ4v) is 0. The van der Waals surface area contributed by atoms with E-state index in [2.05, 4.69) is 0 Å². The molecule has 0 saturated carbocycles. The molecule has 0 aliphatic rings. The van der Waals surface area contributed by atoms with Crippen LogP contribution in [0.3, 0.4) is 0 Å². The summed E-state index contributed by atoms with van der Waals surface area (Å²) < 4.78 is 0. The van der Waals surface area contributed by atoms with E-state index in [-0.39, 0.29) is 26.5 Å². The third kappa shape index (κ3) is 26400. The molecule has 0 fully saturated rings. The SMILES string of the molecule is CC(C)(C)N.CC(C)(C)N.CC(C)(C)N.P. The molecule has 6 N–H and O–H groups in total. The first-order valence-corrected chi connectivity index (χ1v) is 5.37. The predicted molar refractivity (Wildman–Crippen MR) is 82.9 cm³/mol. The number of rotatable bonds is 0. The van der Waals surface area contributed by atoms with Crippen LogP contribution in [-0.2, 0) is 0 Å². The molecule has 0 rings (SSSR count). The molecule has 1 atom stereocenters. The molecule has 0 aliphatic carbocycles. The molecule has 3 nitrogen and oxygen atoms in total. The molecule has 0 aromatic rings. The highest BCUT2D eigenvalue weighted by atomic mass is 31.0. The molecule has 0 amide bonds. The molecular weight excluding hydrogens is 217 g/mol. The van der Waals surface area contributed by atoms with E-state index in [1.165, 1.54) is 0 Å². The molecule has 0 heterocycles. The Bertz CT molecular complexity index is 91.3. The lowest BCUT2D eigenvalue weighted by Gasteiger charge is -2.06. The van der Waals surface area contributed by atoms with Crippen LogP contribution in [0, 0.1) is 0 Å². The number of nitrogens with two attached hydrogens (primary N) is 3. The number of hydrogen-bond acceptors (Lipinski definition) is 3. The van der Waals surface area contributed by atoms with E-state index in [0.717, 1.165) is 0 Å². The van der Waals surface area contributed by atoms with Crippen molar-refractivity contribution in [2.24, 2.45) is 17.2 Å². The Labute approximate surface area is 107 Å². The molecule has 0 aliphatic heterocycles. The van der Waals surface area contributed by atoms with Gasteiger partial charge in [0.05, 0.1) is 0 Å². The third-order valence-electron chi connectivity index (χ3n) is 0. The van der Waals surface area contributed by atoms with Gasteiger partial charge in [-0.2, -0.15) is 9.90 Å². The predicted octanol–water partition coefficient (Wildman–Crippen LogP) is 2.29. The first-order valence-electron chi connectivity index (χ1n) is 5.37. The molecule has 104 valence electrons. The molecule has 4 heteroatoms. The summed E-state index contributed by atoms with van der Waals surface area (Å²) >= 11 is 0. The van der Waals surface area contributed by atoms with Crippen LogP contribution in [0.15, 0.2) is 0 Å². The van der Waals surface area contributed by atoms with Gasteiger partial charge in [0.1, 0.15) is 0 Å². The van der Waals surface area contributed by atoms with Crippen LogP contribution in [-0.4, -0.2) is 16.6 Å². The van der Waals surface area contributed by atoms with Crippen LogP contribution < -0.4 is 17.2 Å². The zero-order valence-corrected chi connectivity index (χ0v) is 14.4. The maximum Gasteiger partial charge on any atom is 0.00686 e. The van der Waals surface area contributed by atoms with Crippen LogP contribution in [0.25, 0.3) is 0 Å². The Balaban J connectivity index is -0.0000000655. The maximum atomic E-state index is 5.35. The summed E-state index contributed by atoms with van der Waals surface area (Å²) in [4.78, 5) is 0. The van der Waals surface area contributed by atoms with Crippen molar-refractivity contribution in [1.29, 1.82) is 0 Å². The Hall–Kier alpha value is 0.310. The topological polar surface area (TPSA) is 78.1 Å². The van der Waals surface area contributed by atoms with Gasteiger partial charge in [-0.15, -0.1) is 0 Å². The molecule has 0 aromatic heterocycles. The lowest BCUT2D eigenvalue weighted by atomic mass is 10.1. The minimum Gasteiger partial charge on any atom is -0.326 e. The van der Waals surface area contributed by atoms with Gasteiger partial charge in [-0.05, 0) is 62.3 Å². The van der Waals surface area contributed by atoms with E-state index in [1.807, 2.05) is 62.3 Å². The van der Waals surface area contributed by atoms with E-state index in [1.54, 1.807) is 0 Å². The second-order valence-electron chi connectivity index (χ2n) is 7.10. The van der Waals surface area contributed by atoms with Crippen molar-refractivity contribution >= 4 is 9.90 Å². The largest absolute Gasteiger partial charge is 0.326 e. The van der Waals surface area contributed by atoms with Crippen molar-refractivity contribution in [3.05, 3.63) is 0 Å². The summed E-state index contributed by atoms with van der Waals surface area (Å²) in [6, 6.07) is 0. The van der Waals surface area contributed by atoms with Gasteiger partial charge in [-0.1, -0.05) is 0 Å². The quantitative estimate of drug-likeness (QED) is 0.580. The average molecular weight is 253 g/mol. The highest BCUT2D eigenvalue weighted by Crippen LogP contribution is 1.88. The molecule has 0 aromatic carbocycles. The lowest BCUT2D eigenvalue weighted by molar-refractivity contribution is 0.579. The highest BCUT2D eigenvalue weighted by molar-refractivity contribution is 6.92. The van der Waals surface area contributed by atoms with E-state index < -0.39 is 0 Å². The Morgan fingerprint density at radius 2 is 0.438 bits per heavy atom. The van der Waals surface area contributed by atoms with Crippen LogP contribution in [0.4, 0.5) is 0 Å². The van der Waals surface area contributed by atoms with Crippen LogP contribution in [0.5, 0.6) is 0 Å². The summed E-state index contributed by atoms with van der Waals surface area (Å²) in [5.41, 5.74) is 16.1. The summed E-state index contributed by atoms with van der Waals surface area (Å²) in [6.07, 6.45) is 0. The monoisotopic (exact) mass is 253 g/mol. The van der Waals surface area contributed by atoms with Gasteiger partial charge < -0.3 is 17.2 Å². The highest BCUT2D eigenvalue weighted by Gasteiger charge is 1.96. The Morgan fingerprint density at radius 3 is 0.438 bits per heavy atom. The van der Waals surface area contributed by atoms with Crippen molar-refractivity contribution in [2.45, 2.75) is 78.9 Å². The second-order valence-corrected chi connectivity index (χ2v) is 7.10. The average Bonchev–Trinajstić information content (AvgIpc) is 1.41. The van der Waals surface area contributed by atoms with E-state index in [9.17, 15) is 0 Å². The minimum atomic E-state index is 0. The maximum absolute atomic E-state index is 5.35. The summed E-state index contributed by atoms with van der Waals surface area (Å²) in [5.74, 6) is 0. The minimum absolute atomic E-state index is 0. The van der Waals surface area contributed by atoms with Crippen molar-refractivity contribution in [1.82, 2.24) is 0 Å². The summed E-state index contributed by atoms with van der Waals surface area (Å²) in [5, 5.41) is 0. The summed E-state index contributed by atoms with van der Waals surface area (Å²) in [7, 11) is 0. The Morgan fingerprint density at radius 1 is 0.438 bits per heavy atom. The van der Waals surface area contributed by atoms with Gasteiger partial charge in [0.15, 0.2) is 0 Å². The van der Waals surface area contributed by atoms with Crippen molar-refractivity contribution in [3.8, 4) is 0 Å². The van der Waals surface area contributed by atoms with Gasteiger partial charge in [-0.25, -0.2) is 0 Å². The third-order valence-corrected chi connectivity index (χ3v) is 0. The standard InChI is InChI=1S/3C4H11N.H3P/c3*1-4(2,3)5;/h3*5H2,1-3H3;1H3. The normalized spacial score (nSPS) is 11.2. The zero-order chi connectivity index (χ0) is 13.5. The van der Waals surface area contributed by atoms with Gasteiger partial charge in [0, 0.05) is 16.6 Å². The lowest BCUT2D eigenvalue weighted by Crippen LogP contribution is -2.26. The molecule has 0 bridgehead atoms. The van der Waals surface area contributed by atoms with Gasteiger partial charge in [-0.3, -0.25) is 0 Å². The Kier molecular flexibility index (Phi) is 14.7. The van der Waals surface area contributed by atoms with Gasteiger partial charge >= 0.3 is 0 Å². The fourth-order valence-electron chi connectivity index (χ4n) is 0. The first kappa shape index (κ1) is 25.2. The van der Waals surface area contributed by atoms with Crippen molar-refractivity contribution in [3.63, 3.8) is 0 Å². The van der Waals surface area contributed by atoms with Crippen LogP contribution >= 0.6 is 9.90 Å². The van der Waals surface area contributed by atoms with Crippen LogP contribution in [0.2, 0.25) is 0 Å². The van der Waals surface area contributed by atoms with Crippen molar-refractivity contribution < 1.29 is 0 Å². The van der Waals surface area contributed by atoms with Gasteiger partial charge in [0.2, 0.25) is 0 Å². The smallest absolute Gasteiger partial charge is 0.00686 e.